The second-order valence-electron chi connectivity index (χ2n) is 4.46. The Hall–Kier alpha value is -1.78. The zero-order valence-corrected chi connectivity index (χ0v) is 12.5. The van der Waals surface area contributed by atoms with Gasteiger partial charge in [-0.05, 0) is 29.8 Å². The second-order valence-corrected chi connectivity index (χ2v) is 4.87. The Labute approximate surface area is 128 Å². The number of hydrogen-bond acceptors (Lipinski definition) is 3. The molecular weight excluding hydrogens is 293 g/mol. The molecule has 1 N–H and O–H groups in total. The van der Waals surface area contributed by atoms with Gasteiger partial charge in [0, 0.05) is 30.4 Å². The molecule has 5 heteroatoms. The highest BCUT2D eigenvalue weighted by atomic mass is 35.5. The van der Waals surface area contributed by atoms with Crippen LogP contribution in [-0.4, -0.2) is 20.3 Å². The summed E-state index contributed by atoms with van der Waals surface area (Å²) in [5, 5.41) is 3.65. The Kier molecular flexibility index (Phi) is 5.84. The number of ether oxygens (including phenoxy) is 2. The van der Waals surface area contributed by atoms with Gasteiger partial charge in [0.15, 0.2) is 0 Å². The first-order valence-corrected chi connectivity index (χ1v) is 6.96. The number of rotatable bonds is 7. The lowest BCUT2D eigenvalue weighted by Crippen LogP contribution is -2.05. The average Bonchev–Trinajstić information content (AvgIpc) is 2.47. The zero-order valence-electron chi connectivity index (χ0n) is 11.7. The Bertz CT molecular complexity index is 592. The topological polar surface area (TPSA) is 30.5 Å². The zero-order chi connectivity index (χ0) is 15.1. The number of anilines is 1. The highest BCUT2D eigenvalue weighted by Crippen LogP contribution is 2.21. The van der Waals surface area contributed by atoms with Gasteiger partial charge in [0.05, 0.1) is 6.61 Å². The lowest BCUT2D eigenvalue weighted by Gasteiger charge is -2.10. The summed E-state index contributed by atoms with van der Waals surface area (Å²) in [7, 11) is 1.63. The number of methoxy groups -OCH3 is 1. The van der Waals surface area contributed by atoms with Gasteiger partial charge in [-0.3, -0.25) is 0 Å². The molecule has 0 bridgehead atoms. The van der Waals surface area contributed by atoms with E-state index < -0.39 is 0 Å². The Balaban J connectivity index is 1.95. The quantitative estimate of drug-likeness (QED) is 0.781. The van der Waals surface area contributed by atoms with Crippen LogP contribution < -0.4 is 10.1 Å². The summed E-state index contributed by atoms with van der Waals surface area (Å²) in [6, 6.07) is 12.0. The molecule has 0 radical (unpaired) electrons. The molecule has 0 atom stereocenters. The van der Waals surface area contributed by atoms with Gasteiger partial charge in [-0.2, -0.15) is 0 Å². The van der Waals surface area contributed by atoms with E-state index in [2.05, 4.69) is 5.32 Å². The number of halogens is 2. The maximum atomic E-state index is 13.0. The van der Waals surface area contributed by atoms with E-state index >= 15 is 0 Å². The molecule has 2 aromatic carbocycles. The van der Waals surface area contributed by atoms with Crippen molar-refractivity contribution in [2.24, 2.45) is 0 Å². The molecule has 0 aliphatic carbocycles. The summed E-state index contributed by atoms with van der Waals surface area (Å²) in [6.07, 6.45) is 0. The summed E-state index contributed by atoms with van der Waals surface area (Å²) in [5.41, 5.74) is 1.74. The van der Waals surface area contributed by atoms with E-state index in [1.807, 2.05) is 24.3 Å². The minimum atomic E-state index is -0.336. The summed E-state index contributed by atoms with van der Waals surface area (Å²) >= 11 is 5.99. The van der Waals surface area contributed by atoms with Gasteiger partial charge in [-0.15, -0.1) is 0 Å². The lowest BCUT2D eigenvalue weighted by atomic mass is 10.2. The van der Waals surface area contributed by atoms with E-state index in [-0.39, 0.29) is 5.82 Å². The van der Waals surface area contributed by atoms with E-state index in [1.54, 1.807) is 13.2 Å². The fraction of sp³-hybridized carbons (Fsp3) is 0.250. The molecule has 0 amide bonds. The molecule has 0 aromatic heterocycles. The standard InChI is InChI=1S/C16H17ClFNO2/c1-20-7-8-21-15-4-2-3-14(10-15)19-11-12-5-6-13(18)9-16(12)17/h2-6,9-10,19H,7-8,11H2,1H3. The molecule has 0 fully saturated rings. The van der Waals surface area contributed by atoms with Crippen LogP contribution in [0.15, 0.2) is 42.5 Å². The van der Waals surface area contributed by atoms with Crippen LogP contribution in [-0.2, 0) is 11.3 Å². The Morgan fingerprint density at radius 2 is 2.00 bits per heavy atom. The average molecular weight is 310 g/mol. The molecule has 3 nitrogen and oxygen atoms in total. The normalized spacial score (nSPS) is 10.4. The van der Waals surface area contributed by atoms with Crippen LogP contribution in [0.3, 0.4) is 0 Å². The molecule has 21 heavy (non-hydrogen) atoms. The smallest absolute Gasteiger partial charge is 0.124 e. The van der Waals surface area contributed by atoms with Crippen LogP contribution >= 0.6 is 11.6 Å². The van der Waals surface area contributed by atoms with Gasteiger partial charge < -0.3 is 14.8 Å². The summed E-state index contributed by atoms with van der Waals surface area (Å²) in [6.45, 7) is 1.56. The molecule has 2 aromatic rings. The third kappa shape index (κ3) is 4.92. The molecule has 0 saturated carbocycles. The first kappa shape index (κ1) is 15.6. The molecular formula is C16H17ClFNO2. The van der Waals surface area contributed by atoms with Crippen molar-refractivity contribution >= 4 is 17.3 Å². The molecule has 0 heterocycles. The van der Waals surface area contributed by atoms with Crippen LogP contribution in [0, 0.1) is 5.82 Å². The highest BCUT2D eigenvalue weighted by molar-refractivity contribution is 6.31. The third-order valence-electron chi connectivity index (χ3n) is 2.89. The molecule has 112 valence electrons. The Morgan fingerprint density at radius 3 is 2.76 bits per heavy atom. The molecule has 0 aliphatic rings. The Morgan fingerprint density at radius 1 is 1.14 bits per heavy atom. The van der Waals surface area contributed by atoms with E-state index in [4.69, 9.17) is 21.1 Å². The highest BCUT2D eigenvalue weighted by Gasteiger charge is 2.02. The predicted octanol–water partition coefficient (Wildman–Crippen LogP) is 4.12. The number of benzene rings is 2. The van der Waals surface area contributed by atoms with Crippen LogP contribution in [0.1, 0.15) is 5.56 Å². The van der Waals surface area contributed by atoms with E-state index in [1.165, 1.54) is 12.1 Å². The van der Waals surface area contributed by atoms with Gasteiger partial charge in [-0.25, -0.2) is 4.39 Å². The van der Waals surface area contributed by atoms with Crippen molar-refractivity contribution in [1.29, 1.82) is 0 Å². The summed E-state index contributed by atoms with van der Waals surface area (Å²) < 4.78 is 23.5. The number of hydrogen-bond donors (Lipinski definition) is 1. The van der Waals surface area contributed by atoms with Crippen molar-refractivity contribution in [3.63, 3.8) is 0 Å². The summed E-state index contributed by atoms with van der Waals surface area (Å²) in [4.78, 5) is 0. The van der Waals surface area contributed by atoms with Gasteiger partial charge in [-0.1, -0.05) is 23.7 Å². The van der Waals surface area contributed by atoms with Crippen LogP contribution in [0.5, 0.6) is 5.75 Å². The van der Waals surface area contributed by atoms with Gasteiger partial charge in [0.25, 0.3) is 0 Å². The van der Waals surface area contributed by atoms with Crippen molar-refractivity contribution in [2.45, 2.75) is 6.54 Å². The van der Waals surface area contributed by atoms with Crippen molar-refractivity contribution in [2.75, 3.05) is 25.6 Å². The monoisotopic (exact) mass is 309 g/mol. The predicted molar refractivity (Wildman–Crippen MR) is 82.5 cm³/mol. The molecule has 0 saturated heterocycles. The molecule has 0 unspecified atom stereocenters. The van der Waals surface area contributed by atoms with Crippen molar-refractivity contribution < 1.29 is 13.9 Å². The van der Waals surface area contributed by atoms with E-state index in [9.17, 15) is 4.39 Å². The van der Waals surface area contributed by atoms with E-state index in [0.717, 1.165) is 17.0 Å². The first-order valence-electron chi connectivity index (χ1n) is 6.58. The maximum absolute atomic E-state index is 13.0. The van der Waals surface area contributed by atoms with Gasteiger partial charge >= 0.3 is 0 Å². The van der Waals surface area contributed by atoms with Crippen molar-refractivity contribution in [3.8, 4) is 5.75 Å². The molecule has 0 spiro atoms. The number of nitrogens with one attached hydrogen (secondary N) is 1. The summed E-state index contributed by atoms with van der Waals surface area (Å²) in [5.74, 6) is 0.430. The fourth-order valence-corrected chi connectivity index (χ4v) is 2.04. The lowest BCUT2D eigenvalue weighted by molar-refractivity contribution is 0.146. The van der Waals surface area contributed by atoms with Crippen molar-refractivity contribution in [1.82, 2.24) is 0 Å². The van der Waals surface area contributed by atoms with Crippen LogP contribution in [0.2, 0.25) is 5.02 Å². The van der Waals surface area contributed by atoms with Crippen molar-refractivity contribution in [3.05, 3.63) is 58.9 Å². The first-order chi connectivity index (χ1) is 10.2. The maximum Gasteiger partial charge on any atom is 0.124 e. The fourth-order valence-electron chi connectivity index (χ4n) is 1.80. The van der Waals surface area contributed by atoms with Gasteiger partial charge in [0.1, 0.15) is 18.2 Å². The van der Waals surface area contributed by atoms with Crippen LogP contribution in [0.4, 0.5) is 10.1 Å². The molecule has 0 aliphatic heterocycles. The van der Waals surface area contributed by atoms with Gasteiger partial charge in [0.2, 0.25) is 0 Å². The SMILES string of the molecule is COCCOc1cccc(NCc2ccc(F)cc2Cl)c1. The minimum Gasteiger partial charge on any atom is -0.491 e. The molecule has 2 rings (SSSR count). The van der Waals surface area contributed by atoms with E-state index in [0.29, 0.717) is 24.8 Å². The largest absolute Gasteiger partial charge is 0.491 e. The second kappa shape index (κ2) is 7.86. The van der Waals surface area contributed by atoms with Crippen LogP contribution in [0.25, 0.3) is 0 Å². The minimum absolute atomic E-state index is 0.336. The third-order valence-corrected chi connectivity index (χ3v) is 3.24.